The van der Waals surface area contributed by atoms with Gasteiger partial charge < -0.3 is 14.8 Å². The molecular formula is C13H13ClN4O3. The van der Waals surface area contributed by atoms with Crippen molar-refractivity contribution in [2.75, 3.05) is 24.9 Å². The van der Waals surface area contributed by atoms with Crippen LogP contribution in [-0.2, 0) is 0 Å². The van der Waals surface area contributed by atoms with Crippen LogP contribution in [0.3, 0.4) is 0 Å². The van der Waals surface area contributed by atoms with Crippen LogP contribution in [0.4, 0.5) is 16.3 Å². The van der Waals surface area contributed by atoms with Crippen LogP contribution < -0.4 is 20.1 Å². The largest absolute Gasteiger partial charge is 0.495 e. The van der Waals surface area contributed by atoms with E-state index in [0.29, 0.717) is 28.0 Å². The maximum atomic E-state index is 11.9. The second kappa shape index (κ2) is 6.76. The summed E-state index contributed by atoms with van der Waals surface area (Å²) in [4.78, 5) is 19.7. The van der Waals surface area contributed by atoms with E-state index >= 15 is 0 Å². The number of rotatable bonds is 4. The molecule has 1 aromatic carbocycles. The number of amides is 2. The Morgan fingerprint density at radius 2 is 1.90 bits per heavy atom. The number of methoxy groups -OCH3 is 2. The zero-order valence-electron chi connectivity index (χ0n) is 11.4. The third-order valence-corrected chi connectivity index (χ3v) is 2.82. The highest BCUT2D eigenvalue weighted by molar-refractivity contribution is 6.32. The van der Waals surface area contributed by atoms with Crippen LogP contribution in [0.2, 0.25) is 5.02 Å². The summed E-state index contributed by atoms with van der Waals surface area (Å²) in [5, 5.41) is 5.55. The van der Waals surface area contributed by atoms with Crippen molar-refractivity contribution in [2.45, 2.75) is 0 Å². The summed E-state index contributed by atoms with van der Waals surface area (Å²) >= 11 is 5.99. The average molecular weight is 309 g/mol. The molecule has 1 aromatic heterocycles. The summed E-state index contributed by atoms with van der Waals surface area (Å²) in [6, 6.07) is 2.63. The Morgan fingerprint density at radius 1 is 1.14 bits per heavy atom. The molecule has 110 valence electrons. The van der Waals surface area contributed by atoms with Crippen molar-refractivity contribution in [1.82, 2.24) is 9.97 Å². The predicted molar refractivity (Wildman–Crippen MR) is 79.2 cm³/mol. The molecule has 0 aliphatic heterocycles. The van der Waals surface area contributed by atoms with Crippen LogP contribution >= 0.6 is 11.6 Å². The zero-order valence-corrected chi connectivity index (χ0v) is 12.1. The van der Waals surface area contributed by atoms with E-state index < -0.39 is 6.03 Å². The lowest BCUT2D eigenvalue weighted by molar-refractivity contribution is 0.262. The number of halogens is 1. The van der Waals surface area contributed by atoms with Crippen molar-refractivity contribution < 1.29 is 14.3 Å². The van der Waals surface area contributed by atoms with Gasteiger partial charge in [-0.05, 0) is 0 Å². The minimum Gasteiger partial charge on any atom is -0.495 e. The number of nitrogens with one attached hydrogen (secondary N) is 2. The number of carbonyl (C=O) groups is 1. The Kier molecular flexibility index (Phi) is 4.78. The van der Waals surface area contributed by atoms with E-state index in [9.17, 15) is 4.79 Å². The fourth-order valence-electron chi connectivity index (χ4n) is 1.59. The summed E-state index contributed by atoms with van der Waals surface area (Å²) in [7, 11) is 2.96. The zero-order chi connectivity index (χ0) is 15.2. The average Bonchev–Trinajstić information content (AvgIpc) is 2.49. The molecule has 2 amide bonds. The summed E-state index contributed by atoms with van der Waals surface area (Å²) in [6.45, 7) is 0. The van der Waals surface area contributed by atoms with E-state index in [2.05, 4.69) is 20.6 Å². The van der Waals surface area contributed by atoms with Gasteiger partial charge in [-0.3, -0.25) is 10.3 Å². The monoisotopic (exact) mass is 308 g/mol. The summed E-state index contributed by atoms with van der Waals surface area (Å²) < 4.78 is 10.3. The molecule has 0 saturated heterocycles. The summed E-state index contributed by atoms with van der Waals surface area (Å²) in [5.41, 5.74) is 0.417. The van der Waals surface area contributed by atoms with Gasteiger partial charge in [0.1, 0.15) is 11.5 Å². The Hall–Kier alpha value is -2.54. The molecule has 0 unspecified atom stereocenters. The first-order valence-electron chi connectivity index (χ1n) is 5.89. The fourth-order valence-corrected chi connectivity index (χ4v) is 1.82. The van der Waals surface area contributed by atoms with Gasteiger partial charge >= 0.3 is 6.03 Å². The highest BCUT2D eigenvalue weighted by Crippen LogP contribution is 2.35. The lowest BCUT2D eigenvalue weighted by Gasteiger charge is -2.13. The molecule has 21 heavy (non-hydrogen) atoms. The van der Waals surface area contributed by atoms with E-state index in [1.54, 1.807) is 12.1 Å². The van der Waals surface area contributed by atoms with Crippen molar-refractivity contribution >= 4 is 29.1 Å². The molecule has 0 bridgehead atoms. The molecule has 2 rings (SSSR count). The number of hydrogen-bond donors (Lipinski definition) is 2. The first-order valence-corrected chi connectivity index (χ1v) is 6.27. The molecule has 0 radical (unpaired) electrons. The van der Waals surface area contributed by atoms with Crippen LogP contribution in [0.5, 0.6) is 11.5 Å². The van der Waals surface area contributed by atoms with E-state index in [0.717, 1.165) is 0 Å². The molecule has 0 aliphatic rings. The number of aromatic nitrogens is 2. The maximum absolute atomic E-state index is 11.9. The van der Waals surface area contributed by atoms with E-state index in [4.69, 9.17) is 21.1 Å². The number of hydrogen-bond acceptors (Lipinski definition) is 5. The van der Waals surface area contributed by atoms with Gasteiger partial charge in [0.2, 0.25) is 0 Å². The SMILES string of the molecule is COc1cc(NC(=O)Nc2cnccn2)c(OC)cc1Cl. The van der Waals surface area contributed by atoms with Gasteiger partial charge in [-0.1, -0.05) is 11.6 Å². The third kappa shape index (κ3) is 3.73. The highest BCUT2D eigenvalue weighted by Gasteiger charge is 2.12. The normalized spacial score (nSPS) is 9.86. The molecule has 0 fully saturated rings. The van der Waals surface area contributed by atoms with Gasteiger partial charge in [0.25, 0.3) is 0 Å². The second-order valence-electron chi connectivity index (χ2n) is 3.86. The lowest BCUT2D eigenvalue weighted by Crippen LogP contribution is -2.20. The number of anilines is 2. The molecule has 0 spiro atoms. The number of ether oxygens (including phenoxy) is 2. The van der Waals surface area contributed by atoms with Crippen LogP contribution in [-0.4, -0.2) is 30.2 Å². The minimum absolute atomic E-state index is 0.329. The Balaban J connectivity index is 2.16. The lowest BCUT2D eigenvalue weighted by atomic mass is 10.2. The predicted octanol–water partition coefficient (Wildman–Crippen LogP) is 2.79. The molecule has 0 aliphatic carbocycles. The maximum Gasteiger partial charge on any atom is 0.325 e. The number of carbonyl (C=O) groups excluding carboxylic acids is 1. The van der Waals surface area contributed by atoms with Crippen LogP contribution in [0.1, 0.15) is 0 Å². The number of nitrogens with zero attached hydrogens (tertiary/aromatic N) is 2. The standard InChI is InChI=1S/C13H13ClN4O3/c1-20-10-6-9(11(21-2)5-8(10)14)17-13(19)18-12-7-15-3-4-16-12/h3-7H,1-2H3,(H2,16,17,18,19). The molecule has 2 N–H and O–H groups in total. The Morgan fingerprint density at radius 3 is 2.52 bits per heavy atom. The van der Waals surface area contributed by atoms with E-state index in [1.807, 2.05) is 0 Å². The smallest absolute Gasteiger partial charge is 0.325 e. The van der Waals surface area contributed by atoms with Gasteiger partial charge in [-0.15, -0.1) is 0 Å². The Labute approximate surface area is 126 Å². The van der Waals surface area contributed by atoms with Crippen LogP contribution in [0.15, 0.2) is 30.7 Å². The van der Waals surface area contributed by atoms with Crippen molar-refractivity contribution in [2.24, 2.45) is 0 Å². The molecule has 1 heterocycles. The quantitative estimate of drug-likeness (QED) is 0.907. The van der Waals surface area contributed by atoms with Crippen molar-refractivity contribution in [3.8, 4) is 11.5 Å². The molecule has 0 atom stereocenters. The van der Waals surface area contributed by atoms with Crippen LogP contribution in [0, 0.1) is 0 Å². The van der Waals surface area contributed by atoms with Gasteiger partial charge in [0.15, 0.2) is 5.82 Å². The van der Waals surface area contributed by atoms with Crippen LogP contribution in [0.25, 0.3) is 0 Å². The first-order chi connectivity index (χ1) is 10.1. The van der Waals surface area contributed by atoms with Gasteiger partial charge in [-0.25, -0.2) is 9.78 Å². The third-order valence-electron chi connectivity index (χ3n) is 2.53. The number of urea groups is 1. The van der Waals surface area contributed by atoms with Gasteiger partial charge in [-0.2, -0.15) is 0 Å². The highest BCUT2D eigenvalue weighted by atomic mass is 35.5. The fraction of sp³-hybridized carbons (Fsp3) is 0.154. The molecule has 8 heteroatoms. The molecule has 2 aromatic rings. The second-order valence-corrected chi connectivity index (χ2v) is 4.26. The molecule has 7 nitrogen and oxygen atoms in total. The molecule has 0 saturated carbocycles. The minimum atomic E-state index is -0.488. The summed E-state index contributed by atoms with van der Waals surface area (Å²) in [5.74, 6) is 1.16. The Bertz CT molecular complexity index is 637. The van der Waals surface area contributed by atoms with E-state index in [1.165, 1.54) is 32.8 Å². The van der Waals surface area contributed by atoms with Gasteiger partial charge in [0, 0.05) is 24.5 Å². The van der Waals surface area contributed by atoms with Crippen molar-refractivity contribution in [1.29, 1.82) is 0 Å². The van der Waals surface area contributed by atoms with Gasteiger partial charge in [0.05, 0.1) is 31.1 Å². The van der Waals surface area contributed by atoms with E-state index in [-0.39, 0.29) is 0 Å². The topological polar surface area (TPSA) is 85.4 Å². The number of benzene rings is 1. The van der Waals surface area contributed by atoms with Crippen molar-refractivity contribution in [3.05, 3.63) is 35.7 Å². The molecular weight excluding hydrogens is 296 g/mol. The van der Waals surface area contributed by atoms with Crippen molar-refractivity contribution in [3.63, 3.8) is 0 Å². The summed E-state index contributed by atoms with van der Waals surface area (Å²) in [6.07, 6.45) is 4.41. The first kappa shape index (κ1) is 14.9.